The molecule has 0 bridgehead atoms. The van der Waals surface area contributed by atoms with E-state index in [0.29, 0.717) is 0 Å². The van der Waals surface area contributed by atoms with Crippen molar-refractivity contribution in [3.63, 3.8) is 0 Å². The van der Waals surface area contributed by atoms with E-state index in [4.69, 9.17) is 11.6 Å². The van der Waals surface area contributed by atoms with Gasteiger partial charge in [0, 0.05) is 17.5 Å². The summed E-state index contributed by atoms with van der Waals surface area (Å²) in [6.07, 6.45) is 5.66. The summed E-state index contributed by atoms with van der Waals surface area (Å²) in [6.45, 7) is 4.45. The van der Waals surface area contributed by atoms with Crippen molar-refractivity contribution in [3.05, 3.63) is 21.3 Å². The van der Waals surface area contributed by atoms with Gasteiger partial charge in [-0.25, -0.2) is 0 Å². The number of hydrogen-bond acceptors (Lipinski definition) is 3. The molecule has 2 rings (SSSR count). The van der Waals surface area contributed by atoms with E-state index in [0.717, 1.165) is 28.2 Å². The lowest BCUT2D eigenvalue weighted by molar-refractivity contribution is 0.103. The van der Waals surface area contributed by atoms with E-state index >= 15 is 0 Å². The number of likely N-dealkylation sites (tertiary alicyclic amines) is 1. The van der Waals surface area contributed by atoms with Gasteiger partial charge in [-0.1, -0.05) is 24.9 Å². The Bertz CT molecular complexity index is 368. The van der Waals surface area contributed by atoms with Crippen LogP contribution in [0.25, 0.3) is 0 Å². The molecule has 2 atom stereocenters. The SMILES string of the molecule is CCC1CCCCN1CCC(O)c1ccc(Cl)s1. The highest BCUT2D eigenvalue weighted by atomic mass is 35.5. The Labute approximate surface area is 119 Å². The first kappa shape index (κ1) is 14.3. The first-order valence-corrected chi connectivity index (χ1v) is 8.07. The molecule has 2 nitrogen and oxygen atoms in total. The molecule has 102 valence electrons. The van der Waals surface area contributed by atoms with Crippen LogP contribution in [0.15, 0.2) is 12.1 Å². The fourth-order valence-corrected chi connectivity index (χ4v) is 3.84. The van der Waals surface area contributed by atoms with Crippen LogP contribution in [0.5, 0.6) is 0 Å². The molecule has 0 spiro atoms. The summed E-state index contributed by atoms with van der Waals surface area (Å²) in [4.78, 5) is 3.53. The average molecular weight is 288 g/mol. The van der Waals surface area contributed by atoms with Crippen molar-refractivity contribution in [1.82, 2.24) is 4.90 Å². The molecule has 0 saturated carbocycles. The standard InChI is InChI=1S/C14H22ClNOS/c1-2-11-5-3-4-9-16(11)10-8-12(17)13-6-7-14(15)18-13/h6-7,11-12,17H,2-5,8-10H2,1H3. The minimum absolute atomic E-state index is 0.359. The molecule has 1 aromatic heterocycles. The number of rotatable bonds is 5. The molecule has 0 aliphatic carbocycles. The summed E-state index contributed by atoms with van der Waals surface area (Å²) in [5.41, 5.74) is 0. The maximum absolute atomic E-state index is 10.1. The number of aliphatic hydroxyl groups is 1. The zero-order chi connectivity index (χ0) is 13.0. The Morgan fingerprint density at radius 1 is 1.50 bits per heavy atom. The molecule has 0 aromatic carbocycles. The molecule has 2 heterocycles. The Morgan fingerprint density at radius 2 is 2.33 bits per heavy atom. The monoisotopic (exact) mass is 287 g/mol. The summed E-state index contributed by atoms with van der Waals surface area (Å²) < 4.78 is 0.758. The van der Waals surface area contributed by atoms with E-state index in [1.807, 2.05) is 12.1 Å². The van der Waals surface area contributed by atoms with Gasteiger partial charge in [-0.2, -0.15) is 0 Å². The maximum Gasteiger partial charge on any atom is 0.0932 e. The van der Waals surface area contributed by atoms with Gasteiger partial charge in [0.05, 0.1) is 10.4 Å². The lowest BCUT2D eigenvalue weighted by Gasteiger charge is -2.35. The first-order valence-electron chi connectivity index (χ1n) is 6.88. The summed E-state index contributed by atoms with van der Waals surface area (Å²) in [5.74, 6) is 0. The molecule has 0 amide bonds. The number of thiophene rings is 1. The third-order valence-electron chi connectivity index (χ3n) is 3.83. The van der Waals surface area contributed by atoms with E-state index in [2.05, 4.69) is 11.8 Å². The fourth-order valence-electron chi connectivity index (χ4n) is 2.75. The molecule has 1 aliphatic rings. The van der Waals surface area contributed by atoms with Gasteiger partial charge < -0.3 is 10.0 Å². The number of piperidine rings is 1. The van der Waals surface area contributed by atoms with Crippen LogP contribution in [0.2, 0.25) is 4.34 Å². The predicted octanol–water partition coefficient (Wildman–Crippen LogP) is 4.09. The third kappa shape index (κ3) is 3.70. The van der Waals surface area contributed by atoms with Crippen LogP contribution in [0, 0.1) is 0 Å². The lowest BCUT2D eigenvalue weighted by atomic mass is 9.99. The van der Waals surface area contributed by atoms with Crippen molar-refractivity contribution in [2.45, 2.75) is 51.2 Å². The van der Waals surface area contributed by atoms with Crippen LogP contribution in [0.4, 0.5) is 0 Å². The van der Waals surface area contributed by atoms with E-state index in [-0.39, 0.29) is 6.10 Å². The Morgan fingerprint density at radius 3 is 3.00 bits per heavy atom. The van der Waals surface area contributed by atoms with Crippen molar-refractivity contribution < 1.29 is 5.11 Å². The van der Waals surface area contributed by atoms with Crippen molar-refractivity contribution in [1.29, 1.82) is 0 Å². The zero-order valence-electron chi connectivity index (χ0n) is 10.9. The average Bonchev–Trinajstić information content (AvgIpc) is 2.83. The quantitative estimate of drug-likeness (QED) is 0.882. The molecule has 1 N–H and O–H groups in total. The number of halogens is 1. The molecule has 1 saturated heterocycles. The topological polar surface area (TPSA) is 23.5 Å². The highest BCUT2D eigenvalue weighted by Gasteiger charge is 2.21. The van der Waals surface area contributed by atoms with E-state index < -0.39 is 0 Å². The molecule has 1 fully saturated rings. The van der Waals surface area contributed by atoms with Gasteiger partial charge >= 0.3 is 0 Å². The Balaban J connectivity index is 1.83. The maximum atomic E-state index is 10.1. The van der Waals surface area contributed by atoms with Crippen molar-refractivity contribution >= 4 is 22.9 Å². The van der Waals surface area contributed by atoms with Gasteiger partial charge in [-0.05, 0) is 44.4 Å². The molecule has 2 unspecified atom stereocenters. The Hall–Kier alpha value is -0.0900. The van der Waals surface area contributed by atoms with Gasteiger partial charge in [0.15, 0.2) is 0 Å². The zero-order valence-corrected chi connectivity index (χ0v) is 12.5. The second-order valence-corrected chi connectivity index (χ2v) is 6.79. The van der Waals surface area contributed by atoms with Crippen LogP contribution in [0.3, 0.4) is 0 Å². The van der Waals surface area contributed by atoms with E-state index in [1.165, 1.54) is 43.6 Å². The summed E-state index contributed by atoms with van der Waals surface area (Å²) in [6, 6.07) is 4.52. The molecular weight excluding hydrogens is 266 g/mol. The molecule has 18 heavy (non-hydrogen) atoms. The summed E-state index contributed by atoms with van der Waals surface area (Å²) in [5, 5.41) is 10.1. The lowest BCUT2D eigenvalue weighted by Crippen LogP contribution is -2.40. The van der Waals surface area contributed by atoms with E-state index in [1.54, 1.807) is 0 Å². The number of aliphatic hydroxyl groups excluding tert-OH is 1. The first-order chi connectivity index (χ1) is 8.70. The largest absolute Gasteiger partial charge is 0.388 e. The van der Waals surface area contributed by atoms with Crippen LogP contribution in [-0.4, -0.2) is 29.1 Å². The summed E-state index contributed by atoms with van der Waals surface area (Å²) in [7, 11) is 0. The van der Waals surface area contributed by atoms with Gasteiger partial charge in [-0.15, -0.1) is 11.3 Å². The van der Waals surface area contributed by atoms with E-state index in [9.17, 15) is 5.11 Å². The van der Waals surface area contributed by atoms with Gasteiger partial charge in [0.25, 0.3) is 0 Å². The molecule has 1 aromatic rings. The normalized spacial score (nSPS) is 23.2. The number of hydrogen-bond donors (Lipinski definition) is 1. The van der Waals surface area contributed by atoms with Gasteiger partial charge in [0.2, 0.25) is 0 Å². The molecule has 4 heteroatoms. The van der Waals surface area contributed by atoms with Gasteiger partial charge in [-0.3, -0.25) is 0 Å². The second kappa shape index (κ2) is 6.90. The van der Waals surface area contributed by atoms with Crippen LogP contribution in [0.1, 0.15) is 50.0 Å². The predicted molar refractivity (Wildman–Crippen MR) is 78.4 cm³/mol. The third-order valence-corrected chi connectivity index (χ3v) is 5.16. The number of nitrogens with zero attached hydrogens (tertiary/aromatic N) is 1. The molecular formula is C14H22ClNOS. The van der Waals surface area contributed by atoms with Crippen LogP contribution < -0.4 is 0 Å². The smallest absolute Gasteiger partial charge is 0.0932 e. The van der Waals surface area contributed by atoms with Crippen molar-refractivity contribution in [3.8, 4) is 0 Å². The fraction of sp³-hybridized carbons (Fsp3) is 0.714. The van der Waals surface area contributed by atoms with Crippen LogP contribution >= 0.6 is 22.9 Å². The minimum atomic E-state index is -0.359. The summed E-state index contributed by atoms with van der Waals surface area (Å²) >= 11 is 7.38. The van der Waals surface area contributed by atoms with Crippen LogP contribution in [-0.2, 0) is 0 Å². The van der Waals surface area contributed by atoms with Crippen molar-refractivity contribution in [2.75, 3.05) is 13.1 Å². The Kier molecular flexibility index (Phi) is 5.49. The minimum Gasteiger partial charge on any atom is -0.388 e. The van der Waals surface area contributed by atoms with Gasteiger partial charge in [0.1, 0.15) is 0 Å². The highest BCUT2D eigenvalue weighted by Crippen LogP contribution is 2.29. The second-order valence-electron chi connectivity index (χ2n) is 5.04. The highest BCUT2D eigenvalue weighted by molar-refractivity contribution is 7.16. The molecule has 1 aliphatic heterocycles. The van der Waals surface area contributed by atoms with Crippen molar-refractivity contribution in [2.24, 2.45) is 0 Å². The molecule has 0 radical (unpaired) electrons.